The summed E-state index contributed by atoms with van der Waals surface area (Å²) in [5.74, 6) is 0.164. The Balaban J connectivity index is 2.09. The normalized spacial score (nSPS) is 10.3. The number of methoxy groups -OCH3 is 1. The number of ketones is 2. The monoisotopic (exact) mass is 330 g/mol. The Hall–Kier alpha value is -3.20. The second kappa shape index (κ2) is 7.14. The van der Waals surface area contributed by atoms with Crippen molar-refractivity contribution in [1.29, 1.82) is 0 Å². The molecule has 0 saturated carbocycles. The minimum atomic E-state index is -0.196. The molecule has 3 aromatic carbocycles. The zero-order chi connectivity index (χ0) is 17.8. The van der Waals surface area contributed by atoms with Crippen LogP contribution in [0.15, 0.2) is 72.8 Å². The lowest BCUT2D eigenvalue weighted by molar-refractivity contribution is 0.100. The van der Waals surface area contributed by atoms with Crippen molar-refractivity contribution in [3.63, 3.8) is 0 Å². The van der Waals surface area contributed by atoms with Gasteiger partial charge in [0.05, 0.1) is 7.11 Å². The Morgan fingerprint density at radius 1 is 0.720 bits per heavy atom. The van der Waals surface area contributed by atoms with Gasteiger partial charge < -0.3 is 4.74 Å². The number of ether oxygens (including phenoxy) is 1. The molecule has 0 fully saturated rings. The SMILES string of the molecule is COc1ccc(C(=O)c2ccccc2)c(C(=O)c2ccc(C)cc2)c1. The maximum Gasteiger partial charge on any atom is 0.193 e. The van der Waals surface area contributed by atoms with E-state index in [1.54, 1.807) is 54.6 Å². The molecule has 0 unspecified atom stereocenters. The Bertz CT molecular complexity index is 910. The summed E-state index contributed by atoms with van der Waals surface area (Å²) in [6.45, 7) is 1.96. The van der Waals surface area contributed by atoms with Crippen molar-refractivity contribution in [3.8, 4) is 5.75 Å². The molecule has 0 aliphatic heterocycles. The molecule has 3 aromatic rings. The van der Waals surface area contributed by atoms with Crippen molar-refractivity contribution in [1.82, 2.24) is 0 Å². The predicted molar refractivity (Wildman–Crippen MR) is 97.5 cm³/mol. The molecule has 0 aromatic heterocycles. The van der Waals surface area contributed by atoms with Crippen molar-refractivity contribution in [2.24, 2.45) is 0 Å². The van der Waals surface area contributed by atoms with Crippen molar-refractivity contribution in [3.05, 3.63) is 101 Å². The molecule has 124 valence electrons. The number of aryl methyl sites for hydroxylation is 1. The molecule has 25 heavy (non-hydrogen) atoms. The Morgan fingerprint density at radius 2 is 1.32 bits per heavy atom. The van der Waals surface area contributed by atoms with Crippen LogP contribution in [0.2, 0.25) is 0 Å². The smallest absolute Gasteiger partial charge is 0.193 e. The van der Waals surface area contributed by atoms with Crippen LogP contribution in [0.3, 0.4) is 0 Å². The average molecular weight is 330 g/mol. The van der Waals surface area contributed by atoms with Crippen LogP contribution < -0.4 is 4.74 Å². The maximum absolute atomic E-state index is 13.0. The lowest BCUT2D eigenvalue weighted by Crippen LogP contribution is -2.11. The average Bonchev–Trinajstić information content (AvgIpc) is 2.67. The molecule has 3 heteroatoms. The van der Waals surface area contributed by atoms with E-state index in [0.717, 1.165) is 5.56 Å². The molecule has 0 radical (unpaired) electrons. The molecule has 0 bridgehead atoms. The second-order valence-corrected chi connectivity index (χ2v) is 5.80. The lowest BCUT2D eigenvalue weighted by atomic mass is 9.93. The highest BCUT2D eigenvalue weighted by molar-refractivity contribution is 6.19. The van der Waals surface area contributed by atoms with Crippen molar-refractivity contribution in [2.75, 3.05) is 7.11 Å². The lowest BCUT2D eigenvalue weighted by Gasteiger charge is -2.11. The maximum atomic E-state index is 13.0. The van der Waals surface area contributed by atoms with Crippen LogP contribution in [-0.2, 0) is 0 Å². The van der Waals surface area contributed by atoms with Gasteiger partial charge in [0.25, 0.3) is 0 Å². The van der Waals surface area contributed by atoms with Crippen LogP contribution in [0.25, 0.3) is 0 Å². The standard InChI is InChI=1S/C22H18O3/c1-15-8-10-17(11-9-15)22(24)20-14-18(25-2)12-13-19(20)21(23)16-6-4-3-5-7-16/h3-14H,1-2H3. The third-order valence-electron chi connectivity index (χ3n) is 4.07. The van der Waals surface area contributed by atoms with Gasteiger partial charge in [-0.3, -0.25) is 9.59 Å². The van der Waals surface area contributed by atoms with E-state index < -0.39 is 0 Å². The van der Waals surface area contributed by atoms with Gasteiger partial charge in [-0.05, 0) is 25.1 Å². The quantitative estimate of drug-likeness (QED) is 0.649. The van der Waals surface area contributed by atoms with Crippen LogP contribution in [0.4, 0.5) is 0 Å². The highest BCUT2D eigenvalue weighted by Gasteiger charge is 2.20. The van der Waals surface area contributed by atoms with E-state index in [1.807, 2.05) is 25.1 Å². The first-order chi connectivity index (χ1) is 12.1. The van der Waals surface area contributed by atoms with Crippen molar-refractivity contribution in [2.45, 2.75) is 6.92 Å². The van der Waals surface area contributed by atoms with Crippen LogP contribution in [0.1, 0.15) is 37.4 Å². The molecule has 3 rings (SSSR count). The van der Waals surface area contributed by atoms with E-state index in [0.29, 0.717) is 28.0 Å². The van der Waals surface area contributed by atoms with E-state index in [2.05, 4.69) is 0 Å². The van der Waals surface area contributed by atoms with E-state index in [1.165, 1.54) is 7.11 Å². The molecular weight excluding hydrogens is 312 g/mol. The number of rotatable bonds is 5. The molecule has 0 atom stereocenters. The topological polar surface area (TPSA) is 43.4 Å². The van der Waals surface area contributed by atoms with Gasteiger partial charge >= 0.3 is 0 Å². The minimum Gasteiger partial charge on any atom is -0.497 e. The van der Waals surface area contributed by atoms with Gasteiger partial charge in [-0.15, -0.1) is 0 Å². The molecule has 0 amide bonds. The van der Waals surface area contributed by atoms with Crippen molar-refractivity contribution >= 4 is 11.6 Å². The summed E-state index contributed by atoms with van der Waals surface area (Å²) in [5.41, 5.74) is 2.88. The third-order valence-corrected chi connectivity index (χ3v) is 4.07. The Kier molecular flexibility index (Phi) is 4.75. The first-order valence-electron chi connectivity index (χ1n) is 7.99. The summed E-state index contributed by atoms with van der Waals surface area (Å²) >= 11 is 0. The molecule has 0 N–H and O–H groups in total. The number of carbonyl (C=O) groups is 2. The first-order valence-corrected chi connectivity index (χ1v) is 7.99. The summed E-state index contributed by atoms with van der Waals surface area (Å²) in [5, 5.41) is 0. The zero-order valence-electron chi connectivity index (χ0n) is 14.2. The fraction of sp³-hybridized carbons (Fsp3) is 0.0909. The van der Waals surface area contributed by atoms with Gasteiger partial charge in [-0.1, -0.05) is 60.2 Å². The van der Waals surface area contributed by atoms with Crippen LogP contribution >= 0.6 is 0 Å². The van der Waals surface area contributed by atoms with E-state index in [4.69, 9.17) is 4.74 Å². The van der Waals surface area contributed by atoms with E-state index >= 15 is 0 Å². The number of benzene rings is 3. The first kappa shape index (κ1) is 16.7. The Labute approximate surface area is 146 Å². The summed E-state index contributed by atoms with van der Waals surface area (Å²) in [7, 11) is 1.54. The second-order valence-electron chi connectivity index (χ2n) is 5.80. The molecule has 0 aliphatic carbocycles. The predicted octanol–water partition coefficient (Wildman–Crippen LogP) is 4.47. The van der Waals surface area contributed by atoms with E-state index in [9.17, 15) is 9.59 Å². The number of hydrogen-bond donors (Lipinski definition) is 0. The van der Waals surface area contributed by atoms with Gasteiger partial charge in [-0.2, -0.15) is 0 Å². The number of hydrogen-bond acceptors (Lipinski definition) is 3. The van der Waals surface area contributed by atoms with E-state index in [-0.39, 0.29) is 11.6 Å². The van der Waals surface area contributed by atoms with Crippen LogP contribution in [0, 0.1) is 6.92 Å². The van der Waals surface area contributed by atoms with Gasteiger partial charge in [-0.25, -0.2) is 0 Å². The summed E-state index contributed by atoms with van der Waals surface area (Å²) in [4.78, 5) is 25.8. The Morgan fingerprint density at radius 3 is 1.96 bits per heavy atom. The summed E-state index contributed by atoms with van der Waals surface area (Å²) < 4.78 is 5.24. The van der Waals surface area contributed by atoms with Gasteiger partial charge in [0.1, 0.15) is 5.75 Å². The fourth-order valence-corrected chi connectivity index (χ4v) is 2.64. The van der Waals surface area contributed by atoms with Crippen molar-refractivity contribution < 1.29 is 14.3 Å². The molecule has 0 heterocycles. The molecule has 0 saturated heterocycles. The molecule has 3 nitrogen and oxygen atoms in total. The highest BCUT2D eigenvalue weighted by atomic mass is 16.5. The van der Waals surface area contributed by atoms with Crippen LogP contribution in [-0.4, -0.2) is 18.7 Å². The number of carbonyl (C=O) groups excluding carboxylic acids is 2. The largest absolute Gasteiger partial charge is 0.497 e. The van der Waals surface area contributed by atoms with Crippen LogP contribution in [0.5, 0.6) is 5.75 Å². The molecule has 0 aliphatic rings. The van der Waals surface area contributed by atoms with Gasteiger partial charge in [0, 0.05) is 22.3 Å². The molecular formula is C22H18O3. The molecule has 0 spiro atoms. The summed E-state index contributed by atoms with van der Waals surface area (Å²) in [6.07, 6.45) is 0. The third kappa shape index (κ3) is 3.50. The minimum absolute atomic E-state index is 0.182. The summed E-state index contributed by atoms with van der Waals surface area (Å²) in [6, 6.07) is 21.2. The van der Waals surface area contributed by atoms with Gasteiger partial charge in [0.2, 0.25) is 0 Å². The fourth-order valence-electron chi connectivity index (χ4n) is 2.64. The van der Waals surface area contributed by atoms with Gasteiger partial charge in [0.15, 0.2) is 11.6 Å². The zero-order valence-corrected chi connectivity index (χ0v) is 14.2. The highest BCUT2D eigenvalue weighted by Crippen LogP contribution is 2.23.